The molecule has 3 N–H and O–H groups in total. The molecule has 0 bridgehead atoms. The number of hydrogen-bond donors (Lipinski definition) is 2. The van der Waals surface area contributed by atoms with Gasteiger partial charge in [0.1, 0.15) is 5.82 Å². The van der Waals surface area contributed by atoms with Crippen LogP contribution in [0.15, 0.2) is 18.3 Å². The summed E-state index contributed by atoms with van der Waals surface area (Å²) in [6.07, 6.45) is 4.62. The fourth-order valence-corrected chi connectivity index (χ4v) is 2.12. The van der Waals surface area contributed by atoms with Crippen molar-refractivity contribution in [1.29, 1.82) is 0 Å². The van der Waals surface area contributed by atoms with Gasteiger partial charge < -0.3 is 10.2 Å². The first-order valence-electron chi connectivity index (χ1n) is 5.99. The van der Waals surface area contributed by atoms with Gasteiger partial charge in [-0.2, -0.15) is 0 Å². The van der Waals surface area contributed by atoms with E-state index in [1.165, 1.54) is 18.4 Å². The van der Waals surface area contributed by atoms with Crippen molar-refractivity contribution in [3.05, 3.63) is 23.9 Å². The summed E-state index contributed by atoms with van der Waals surface area (Å²) in [5.41, 5.74) is 3.71. The molecule has 1 atom stereocenters. The number of likely N-dealkylation sites (N-methyl/N-ethyl adjacent to an activating group) is 1. The second kappa shape index (κ2) is 5.95. The van der Waals surface area contributed by atoms with Gasteiger partial charge in [0, 0.05) is 25.9 Å². The largest absolute Gasteiger partial charge is 0.377 e. The fraction of sp³-hybridized carbons (Fsp3) is 0.583. The molecule has 1 fully saturated rings. The fourth-order valence-electron chi connectivity index (χ4n) is 2.12. The zero-order valence-corrected chi connectivity index (χ0v) is 10.2. The van der Waals surface area contributed by atoms with Crippen LogP contribution in [0, 0.1) is 0 Å². The molecule has 2 heterocycles. The molecular formula is C12H20N4O. The molecule has 5 heteroatoms. The van der Waals surface area contributed by atoms with Crippen molar-refractivity contribution in [2.24, 2.45) is 5.84 Å². The Labute approximate surface area is 102 Å². The summed E-state index contributed by atoms with van der Waals surface area (Å²) in [7, 11) is 2.11. The van der Waals surface area contributed by atoms with Crippen LogP contribution in [0.5, 0.6) is 0 Å². The van der Waals surface area contributed by atoms with E-state index in [0.29, 0.717) is 11.9 Å². The van der Waals surface area contributed by atoms with E-state index in [1.54, 1.807) is 0 Å². The number of hydrogen-bond acceptors (Lipinski definition) is 5. The zero-order valence-electron chi connectivity index (χ0n) is 10.2. The number of nitrogens with one attached hydrogen (secondary N) is 1. The highest BCUT2D eigenvalue weighted by Gasteiger charge is 2.17. The highest BCUT2D eigenvalue weighted by molar-refractivity contribution is 5.33. The lowest BCUT2D eigenvalue weighted by Crippen LogP contribution is -2.28. The van der Waals surface area contributed by atoms with Gasteiger partial charge in [0.25, 0.3) is 0 Å². The lowest BCUT2D eigenvalue weighted by atomic mass is 10.2. The molecule has 17 heavy (non-hydrogen) atoms. The minimum Gasteiger partial charge on any atom is -0.377 e. The predicted octanol–water partition coefficient (Wildman–Crippen LogP) is 0.978. The van der Waals surface area contributed by atoms with E-state index >= 15 is 0 Å². The lowest BCUT2D eigenvalue weighted by Gasteiger charge is -2.20. The van der Waals surface area contributed by atoms with Crippen LogP contribution < -0.4 is 11.3 Å². The molecule has 0 aliphatic carbocycles. The summed E-state index contributed by atoms with van der Waals surface area (Å²) in [6.45, 7) is 2.78. The molecule has 0 aromatic carbocycles. The van der Waals surface area contributed by atoms with Crippen LogP contribution in [0.4, 0.5) is 5.82 Å². The SMILES string of the molecule is CN(Cc1ccc(NN)nc1)CC1CCCO1. The second-order valence-electron chi connectivity index (χ2n) is 4.53. The van der Waals surface area contributed by atoms with Gasteiger partial charge in [-0.3, -0.25) is 4.90 Å². The minimum absolute atomic E-state index is 0.401. The quantitative estimate of drug-likeness (QED) is 0.589. The van der Waals surface area contributed by atoms with Crippen LogP contribution in [-0.2, 0) is 11.3 Å². The van der Waals surface area contributed by atoms with Crippen LogP contribution in [0.1, 0.15) is 18.4 Å². The molecule has 1 aromatic rings. The topological polar surface area (TPSA) is 63.4 Å². The third kappa shape index (κ3) is 3.66. The number of anilines is 1. The Balaban J connectivity index is 1.81. The van der Waals surface area contributed by atoms with Crippen molar-refractivity contribution in [3.8, 4) is 0 Å². The molecule has 0 amide bonds. The average molecular weight is 236 g/mol. The van der Waals surface area contributed by atoms with E-state index in [0.717, 1.165) is 19.7 Å². The summed E-state index contributed by atoms with van der Waals surface area (Å²) < 4.78 is 5.61. The van der Waals surface area contributed by atoms with Gasteiger partial charge in [0.15, 0.2) is 0 Å². The first kappa shape index (κ1) is 12.3. The molecule has 1 aromatic heterocycles. The van der Waals surface area contributed by atoms with Crippen LogP contribution in [0.25, 0.3) is 0 Å². The summed E-state index contributed by atoms with van der Waals surface area (Å²) in [5, 5.41) is 0. The van der Waals surface area contributed by atoms with Crippen LogP contribution in [0.2, 0.25) is 0 Å². The number of nitrogens with zero attached hydrogens (tertiary/aromatic N) is 2. The Kier molecular flexibility index (Phi) is 4.30. The molecule has 1 saturated heterocycles. The standard InChI is InChI=1S/C12H20N4O/c1-16(9-11-3-2-6-17-11)8-10-4-5-12(15-13)14-7-10/h4-5,7,11H,2-3,6,8-9,13H2,1H3,(H,14,15). The van der Waals surface area contributed by atoms with Crippen LogP contribution >= 0.6 is 0 Å². The van der Waals surface area contributed by atoms with E-state index in [2.05, 4.69) is 22.4 Å². The first-order valence-corrected chi connectivity index (χ1v) is 5.99. The maximum Gasteiger partial charge on any atom is 0.139 e. The second-order valence-corrected chi connectivity index (χ2v) is 4.53. The van der Waals surface area contributed by atoms with E-state index in [9.17, 15) is 0 Å². The number of hydrazine groups is 1. The van der Waals surface area contributed by atoms with E-state index in [4.69, 9.17) is 10.6 Å². The third-order valence-corrected chi connectivity index (χ3v) is 2.96. The molecular weight excluding hydrogens is 216 g/mol. The molecule has 1 aliphatic rings. The minimum atomic E-state index is 0.401. The number of ether oxygens (including phenoxy) is 1. The molecule has 1 aliphatic heterocycles. The molecule has 5 nitrogen and oxygen atoms in total. The molecule has 1 unspecified atom stereocenters. The third-order valence-electron chi connectivity index (χ3n) is 2.96. The molecule has 94 valence electrons. The van der Waals surface area contributed by atoms with Crippen molar-refractivity contribution in [2.75, 3.05) is 25.6 Å². The molecule has 0 radical (unpaired) electrons. The summed E-state index contributed by atoms with van der Waals surface area (Å²) in [5.74, 6) is 5.96. The van der Waals surface area contributed by atoms with E-state index in [1.807, 2.05) is 18.3 Å². The van der Waals surface area contributed by atoms with Crippen molar-refractivity contribution in [3.63, 3.8) is 0 Å². The monoisotopic (exact) mass is 236 g/mol. The van der Waals surface area contributed by atoms with Crippen LogP contribution in [-0.4, -0.2) is 36.2 Å². The van der Waals surface area contributed by atoms with Crippen LogP contribution in [0.3, 0.4) is 0 Å². The Morgan fingerprint density at radius 1 is 1.59 bits per heavy atom. The average Bonchev–Trinajstić information content (AvgIpc) is 2.82. The summed E-state index contributed by atoms with van der Waals surface area (Å²) in [4.78, 5) is 6.45. The number of rotatable bonds is 5. The van der Waals surface area contributed by atoms with Gasteiger partial charge in [0.05, 0.1) is 6.10 Å². The number of nitrogens with two attached hydrogens (primary N) is 1. The maximum atomic E-state index is 5.61. The Morgan fingerprint density at radius 2 is 2.47 bits per heavy atom. The Hall–Kier alpha value is -1.17. The van der Waals surface area contributed by atoms with Crippen molar-refractivity contribution >= 4 is 5.82 Å². The Bertz CT molecular complexity index is 335. The normalized spacial score (nSPS) is 19.8. The van der Waals surface area contributed by atoms with Gasteiger partial charge in [0.2, 0.25) is 0 Å². The van der Waals surface area contributed by atoms with Crippen molar-refractivity contribution < 1.29 is 4.74 Å². The lowest BCUT2D eigenvalue weighted by molar-refractivity contribution is 0.0793. The molecule has 0 saturated carbocycles. The molecule has 2 rings (SSSR count). The molecule has 0 spiro atoms. The van der Waals surface area contributed by atoms with Crippen molar-refractivity contribution in [1.82, 2.24) is 9.88 Å². The van der Waals surface area contributed by atoms with Gasteiger partial charge in [-0.15, -0.1) is 0 Å². The predicted molar refractivity (Wildman–Crippen MR) is 67.4 cm³/mol. The number of pyridine rings is 1. The highest BCUT2D eigenvalue weighted by Crippen LogP contribution is 2.14. The number of nitrogen functional groups attached to an aromatic ring is 1. The first-order chi connectivity index (χ1) is 8.28. The van der Waals surface area contributed by atoms with E-state index in [-0.39, 0.29) is 0 Å². The van der Waals surface area contributed by atoms with Gasteiger partial charge >= 0.3 is 0 Å². The smallest absolute Gasteiger partial charge is 0.139 e. The summed E-state index contributed by atoms with van der Waals surface area (Å²) in [6, 6.07) is 3.92. The summed E-state index contributed by atoms with van der Waals surface area (Å²) >= 11 is 0. The van der Waals surface area contributed by atoms with Gasteiger partial charge in [-0.05, 0) is 31.5 Å². The number of aromatic nitrogens is 1. The van der Waals surface area contributed by atoms with E-state index < -0.39 is 0 Å². The Morgan fingerprint density at radius 3 is 3.06 bits per heavy atom. The zero-order chi connectivity index (χ0) is 12.1. The van der Waals surface area contributed by atoms with Crippen molar-refractivity contribution in [2.45, 2.75) is 25.5 Å². The maximum absolute atomic E-state index is 5.61. The van der Waals surface area contributed by atoms with Gasteiger partial charge in [-0.25, -0.2) is 10.8 Å². The highest BCUT2D eigenvalue weighted by atomic mass is 16.5. The van der Waals surface area contributed by atoms with Gasteiger partial charge in [-0.1, -0.05) is 6.07 Å².